The number of anilines is 1. The topological polar surface area (TPSA) is 44.8 Å². The second-order valence-electron chi connectivity index (χ2n) is 7.14. The third-order valence-corrected chi connectivity index (χ3v) is 5.02. The Morgan fingerprint density at radius 1 is 1.41 bits per heavy atom. The van der Waals surface area contributed by atoms with Crippen molar-refractivity contribution in [2.75, 3.05) is 31.6 Å². The van der Waals surface area contributed by atoms with E-state index in [0.29, 0.717) is 17.4 Å². The number of hydrogen-bond acceptors (Lipinski definition) is 3. The number of thiocarbonyl (C=S) groups is 1. The largest absolute Gasteiger partial charge is 0.379 e. The molecule has 1 aromatic rings. The third kappa shape index (κ3) is 7.07. The molecule has 1 fully saturated rings. The molecule has 0 spiro atoms. The van der Waals surface area contributed by atoms with Gasteiger partial charge in [0.25, 0.3) is 0 Å². The van der Waals surface area contributed by atoms with Crippen LogP contribution in [0, 0.1) is 5.82 Å². The summed E-state index contributed by atoms with van der Waals surface area (Å²) in [7, 11) is 0. The van der Waals surface area contributed by atoms with E-state index in [1.165, 1.54) is 12.1 Å². The molecule has 1 aliphatic heterocycles. The maximum absolute atomic E-state index is 13.5. The maximum atomic E-state index is 13.5. The lowest BCUT2D eigenvalue weighted by Crippen LogP contribution is -2.50. The monoisotopic (exact) mass is 395 g/mol. The van der Waals surface area contributed by atoms with Gasteiger partial charge in [-0.2, -0.15) is 0 Å². The first-order valence-corrected chi connectivity index (χ1v) is 9.98. The third-order valence-electron chi connectivity index (χ3n) is 4.68. The van der Waals surface area contributed by atoms with Crippen LogP contribution in [0.5, 0.6) is 0 Å². The van der Waals surface area contributed by atoms with E-state index >= 15 is 0 Å². The van der Waals surface area contributed by atoms with Gasteiger partial charge in [-0.1, -0.05) is 6.07 Å². The number of rotatable bonds is 7. The van der Waals surface area contributed by atoms with Crippen LogP contribution in [0.4, 0.5) is 10.1 Å². The predicted molar refractivity (Wildman–Crippen MR) is 110 cm³/mol. The van der Waals surface area contributed by atoms with E-state index in [-0.39, 0.29) is 23.9 Å². The van der Waals surface area contributed by atoms with Gasteiger partial charge < -0.3 is 19.9 Å². The SMILES string of the molecule is CC(=O)N1CCC(N(CCCOC(C)C)C(=S)Nc2cccc(F)c2)CC1. The van der Waals surface area contributed by atoms with Crippen molar-refractivity contribution < 1.29 is 13.9 Å². The molecule has 1 heterocycles. The standard InChI is InChI=1S/C20H30FN3O2S/c1-15(2)26-13-5-10-24(19-8-11-23(12-9-19)16(3)25)20(27)22-18-7-4-6-17(21)14-18/h4,6-7,14-15,19H,5,8-13H2,1-3H3,(H,22,27). The highest BCUT2D eigenvalue weighted by Crippen LogP contribution is 2.19. The molecule has 1 amide bonds. The fourth-order valence-electron chi connectivity index (χ4n) is 3.26. The smallest absolute Gasteiger partial charge is 0.219 e. The zero-order chi connectivity index (χ0) is 19.8. The van der Waals surface area contributed by atoms with Crippen molar-refractivity contribution in [2.45, 2.75) is 52.2 Å². The molecule has 0 saturated carbocycles. The molecular formula is C20H30FN3O2S. The van der Waals surface area contributed by atoms with Gasteiger partial charge in [0.2, 0.25) is 5.91 Å². The second-order valence-corrected chi connectivity index (χ2v) is 7.53. The molecule has 2 rings (SSSR count). The van der Waals surface area contributed by atoms with Crippen molar-refractivity contribution in [2.24, 2.45) is 0 Å². The molecule has 0 unspecified atom stereocenters. The van der Waals surface area contributed by atoms with E-state index in [4.69, 9.17) is 17.0 Å². The molecule has 5 nitrogen and oxygen atoms in total. The number of amides is 1. The van der Waals surface area contributed by atoms with Crippen molar-refractivity contribution in [3.05, 3.63) is 30.1 Å². The summed E-state index contributed by atoms with van der Waals surface area (Å²) in [6, 6.07) is 6.56. The number of nitrogens with one attached hydrogen (secondary N) is 1. The molecule has 7 heteroatoms. The molecule has 1 aromatic carbocycles. The number of benzene rings is 1. The second kappa shape index (κ2) is 10.6. The molecule has 0 aliphatic carbocycles. The number of ether oxygens (including phenoxy) is 1. The lowest BCUT2D eigenvalue weighted by atomic mass is 10.0. The molecule has 1 aliphatic rings. The van der Waals surface area contributed by atoms with Crippen LogP contribution in [0.3, 0.4) is 0 Å². The van der Waals surface area contributed by atoms with Crippen LogP contribution in [0.25, 0.3) is 0 Å². The summed E-state index contributed by atoms with van der Waals surface area (Å²) >= 11 is 5.63. The molecule has 0 radical (unpaired) electrons. The number of nitrogens with zero attached hydrogens (tertiary/aromatic N) is 2. The minimum Gasteiger partial charge on any atom is -0.379 e. The molecule has 0 bridgehead atoms. The predicted octanol–water partition coefficient (Wildman–Crippen LogP) is 3.65. The summed E-state index contributed by atoms with van der Waals surface area (Å²) in [6.45, 7) is 8.55. The van der Waals surface area contributed by atoms with Gasteiger partial charge in [-0.05, 0) is 63.5 Å². The zero-order valence-corrected chi connectivity index (χ0v) is 17.2. The summed E-state index contributed by atoms with van der Waals surface area (Å²) in [6.07, 6.45) is 2.80. The quantitative estimate of drug-likeness (QED) is 0.564. The van der Waals surface area contributed by atoms with E-state index in [9.17, 15) is 9.18 Å². The highest BCUT2D eigenvalue weighted by molar-refractivity contribution is 7.80. The molecule has 1 N–H and O–H groups in total. The van der Waals surface area contributed by atoms with E-state index in [1.54, 1.807) is 19.1 Å². The Morgan fingerprint density at radius 3 is 2.70 bits per heavy atom. The molecule has 150 valence electrons. The number of hydrogen-bond donors (Lipinski definition) is 1. The highest BCUT2D eigenvalue weighted by Gasteiger charge is 2.27. The average Bonchev–Trinajstić information content (AvgIpc) is 2.61. The van der Waals surface area contributed by atoms with Crippen molar-refractivity contribution in [3.63, 3.8) is 0 Å². The molecule has 0 atom stereocenters. The summed E-state index contributed by atoms with van der Waals surface area (Å²) in [4.78, 5) is 15.6. The van der Waals surface area contributed by atoms with Gasteiger partial charge in [0.05, 0.1) is 6.10 Å². The Morgan fingerprint density at radius 2 is 2.11 bits per heavy atom. The lowest BCUT2D eigenvalue weighted by Gasteiger charge is -2.39. The first-order valence-electron chi connectivity index (χ1n) is 9.57. The van der Waals surface area contributed by atoms with Gasteiger partial charge in [0.1, 0.15) is 5.82 Å². The first kappa shape index (κ1) is 21.6. The Labute approximate surface area is 166 Å². The summed E-state index contributed by atoms with van der Waals surface area (Å²) in [5, 5.41) is 3.75. The molecule has 0 aromatic heterocycles. The van der Waals surface area contributed by atoms with Crippen LogP contribution in [-0.4, -0.2) is 59.2 Å². The number of carbonyl (C=O) groups is 1. The Kier molecular flexibility index (Phi) is 8.44. The number of piperidine rings is 1. The Bertz CT molecular complexity index is 633. The number of likely N-dealkylation sites (tertiary alicyclic amines) is 1. The summed E-state index contributed by atoms with van der Waals surface area (Å²) in [5.41, 5.74) is 0.643. The van der Waals surface area contributed by atoms with E-state index in [1.807, 2.05) is 18.7 Å². The first-order chi connectivity index (χ1) is 12.9. The van der Waals surface area contributed by atoms with Crippen LogP contribution < -0.4 is 5.32 Å². The van der Waals surface area contributed by atoms with Crippen molar-refractivity contribution in [1.29, 1.82) is 0 Å². The summed E-state index contributed by atoms with van der Waals surface area (Å²) in [5.74, 6) is -0.180. The van der Waals surface area contributed by atoms with Crippen LogP contribution in [-0.2, 0) is 9.53 Å². The average molecular weight is 396 g/mol. The van der Waals surface area contributed by atoms with Gasteiger partial charge >= 0.3 is 0 Å². The minimum atomic E-state index is -0.297. The van der Waals surface area contributed by atoms with Crippen molar-refractivity contribution in [1.82, 2.24) is 9.80 Å². The normalized spacial score (nSPS) is 15.1. The van der Waals surface area contributed by atoms with Gasteiger partial charge in [-0.15, -0.1) is 0 Å². The van der Waals surface area contributed by atoms with E-state index in [0.717, 1.165) is 38.9 Å². The van der Waals surface area contributed by atoms with Crippen LogP contribution >= 0.6 is 12.2 Å². The van der Waals surface area contributed by atoms with Crippen LogP contribution in [0.1, 0.15) is 40.0 Å². The fraction of sp³-hybridized carbons (Fsp3) is 0.600. The van der Waals surface area contributed by atoms with Gasteiger partial charge in [0.15, 0.2) is 5.11 Å². The molecule has 27 heavy (non-hydrogen) atoms. The van der Waals surface area contributed by atoms with Gasteiger partial charge in [0, 0.05) is 44.9 Å². The van der Waals surface area contributed by atoms with Crippen molar-refractivity contribution in [3.8, 4) is 0 Å². The van der Waals surface area contributed by atoms with Gasteiger partial charge in [-0.3, -0.25) is 4.79 Å². The zero-order valence-electron chi connectivity index (χ0n) is 16.4. The highest BCUT2D eigenvalue weighted by atomic mass is 32.1. The van der Waals surface area contributed by atoms with Crippen LogP contribution in [0.15, 0.2) is 24.3 Å². The summed E-state index contributed by atoms with van der Waals surface area (Å²) < 4.78 is 19.1. The van der Waals surface area contributed by atoms with Crippen LogP contribution in [0.2, 0.25) is 0 Å². The Balaban J connectivity index is 2.00. The number of halogens is 1. The molecule has 1 saturated heterocycles. The van der Waals surface area contributed by atoms with E-state index < -0.39 is 0 Å². The number of carbonyl (C=O) groups excluding carboxylic acids is 1. The molecular weight excluding hydrogens is 365 g/mol. The minimum absolute atomic E-state index is 0.116. The van der Waals surface area contributed by atoms with Crippen molar-refractivity contribution >= 4 is 28.9 Å². The lowest BCUT2D eigenvalue weighted by molar-refractivity contribution is -0.130. The fourth-order valence-corrected chi connectivity index (χ4v) is 3.62. The van der Waals surface area contributed by atoms with Gasteiger partial charge in [-0.25, -0.2) is 4.39 Å². The maximum Gasteiger partial charge on any atom is 0.219 e. The van der Waals surface area contributed by atoms with E-state index in [2.05, 4.69) is 10.2 Å². The Hall–Kier alpha value is -1.73.